The number of methoxy groups -OCH3 is 2. The summed E-state index contributed by atoms with van der Waals surface area (Å²) in [5.41, 5.74) is 2.03. The van der Waals surface area contributed by atoms with Crippen LogP contribution in [0.25, 0.3) is 0 Å². The highest BCUT2D eigenvalue weighted by molar-refractivity contribution is 7.80. The van der Waals surface area contributed by atoms with Gasteiger partial charge >= 0.3 is 5.97 Å². The van der Waals surface area contributed by atoms with Crippen molar-refractivity contribution >= 4 is 23.3 Å². The van der Waals surface area contributed by atoms with Gasteiger partial charge in [0.25, 0.3) is 0 Å². The summed E-state index contributed by atoms with van der Waals surface area (Å²) in [6.07, 6.45) is 0. The molecule has 0 saturated heterocycles. The summed E-state index contributed by atoms with van der Waals surface area (Å²) >= 11 is 5.21. The van der Waals surface area contributed by atoms with E-state index in [1.165, 1.54) is 0 Å². The molecular formula is C16H20N2O4S. The van der Waals surface area contributed by atoms with Crippen LogP contribution in [-0.2, 0) is 14.3 Å². The average molecular weight is 336 g/mol. The number of allylic oxidation sites excluding steroid dienone is 1. The first-order valence-corrected chi connectivity index (χ1v) is 7.56. The topological polar surface area (TPSA) is 68.8 Å². The Morgan fingerprint density at radius 3 is 2.78 bits per heavy atom. The largest absolute Gasteiger partial charge is 0.497 e. The van der Waals surface area contributed by atoms with Crippen LogP contribution in [0.5, 0.6) is 5.75 Å². The fourth-order valence-corrected chi connectivity index (χ4v) is 2.60. The normalized spacial score (nSPS) is 17.3. The van der Waals surface area contributed by atoms with Crippen molar-refractivity contribution in [3.8, 4) is 5.75 Å². The maximum absolute atomic E-state index is 12.4. The molecule has 1 atom stereocenters. The lowest BCUT2D eigenvalue weighted by Crippen LogP contribution is -2.45. The van der Waals surface area contributed by atoms with Gasteiger partial charge in [-0.05, 0) is 36.8 Å². The Balaban J connectivity index is 2.32. The fraction of sp³-hybridized carbons (Fsp3) is 0.375. The Labute approximate surface area is 140 Å². The van der Waals surface area contributed by atoms with Crippen LogP contribution >= 0.6 is 12.2 Å². The summed E-state index contributed by atoms with van der Waals surface area (Å²) in [5.74, 6) is 0.299. The van der Waals surface area contributed by atoms with Crippen LogP contribution in [0, 0.1) is 0 Å². The molecule has 1 aliphatic rings. The van der Waals surface area contributed by atoms with Crippen molar-refractivity contribution in [1.82, 2.24) is 10.6 Å². The molecule has 0 aromatic heterocycles. The van der Waals surface area contributed by atoms with Crippen LogP contribution < -0.4 is 15.4 Å². The quantitative estimate of drug-likeness (QED) is 0.465. The number of hydrogen-bond acceptors (Lipinski definition) is 5. The first-order chi connectivity index (χ1) is 11.1. The summed E-state index contributed by atoms with van der Waals surface area (Å²) in [7, 11) is 3.15. The molecule has 1 aromatic carbocycles. The molecular weight excluding hydrogens is 316 g/mol. The van der Waals surface area contributed by atoms with E-state index in [4.69, 9.17) is 26.4 Å². The minimum absolute atomic E-state index is 0.196. The highest BCUT2D eigenvalue weighted by Gasteiger charge is 2.31. The van der Waals surface area contributed by atoms with Gasteiger partial charge in [0, 0.05) is 12.8 Å². The molecule has 1 unspecified atom stereocenters. The van der Waals surface area contributed by atoms with E-state index >= 15 is 0 Å². The molecule has 0 saturated carbocycles. The van der Waals surface area contributed by atoms with Gasteiger partial charge in [-0.25, -0.2) is 4.79 Å². The molecule has 0 fully saturated rings. The van der Waals surface area contributed by atoms with Gasteiger partial charge in [-0.1, -0.05) is 12.1 Å². The summed E-state index contributed by atoms with van der Waals surface area (Å²) in [6.45, 7) is 2.34. The molecule has 2 rings (SSSR count). The molecule has 23 heavy (non-hydrogen) atoms. The number of carbonyl (C=O) groups excluding carboxylic acids is 1. The molecule has 0 bridgehead atoms. The number of esters is 1. The smallest absolute Gasteiger partial charge is 0.338 e. The number of carbonyl (C=O) groups is 1. The number of rotatable bonds is 6. The van der Waals surface area contributed by atoms with E-state index in [1.54, 1.807) is 21.1 Å². The van der Waals surface area contributed by atoms with Crippen molar-refractivity contribution in [2.75, 3.05) is 27.4 Å². The monoisotopic (exact) mass is 336 g/mol. The first kappa shape index (κ1) is 17.2. The van der Waals surface area contributed by atoms with Gasteiger partial charge in [0.1, 0.15) is 12.4 Å². The first-order valence-electron chi connectivity index (χ1n) is 7.15. The van der Waals surface area contributed by atoms with Gasteiger partial charge in [-0.3, -0.25) is 0 Å². The molecule has 0 amide bonds. The predicted octanol–water partition coefficient (Wildman–Crippen LogP) is 1.68. The lowest BCUT2D eigenvalue weighted by atomic mass is 9.95. The lowest BCUT2D eigenvalue weighted by Gasteiger charge is -2.30. The minimum Gasteiger partial charge on any atom is -0.497 e. The number of ether oxygens (including phenoxy) is 3. The molecule has 2 N–H and O–H groups in total. The minimum atomic E-state index is -0.408. The molecule has 1 aromatic rings. The van der Waals surface area contributed by atoms with Gasteiger partial charge in [-0.15, -0.1) is 0 Å². The number of benzene rings is 1. The highest BCUT2D eigenvalue weighted by Crippen LogP contribution is 2.29. The fourth-order valence-electron chi connectivity index (χ4n) is 2.33. The van der Waals surface area contributed by atoms with E-state index < -0.39 is 12.0 Å². The van der Waals surface area contributed by atoms with Crippen molar-refractivity contribution in [2.24, 2.45) is 0 Å². The van der Waals surface area contributed by atoms with Gasteiger partial charge in [0.15, 0.2) is 5.11 Å². The molecule has 0 spiro atoms. The predicted molar refractivity (Wildman–Crippen MR) is 90.1 cm³/mol. The van der Waals surface area contributed by atoms with E-state index in [2.05, 4.69) is 10.6 Å². The zero-order chi connectivity index (χ0) is 16.8. The second-order valence-corrected chi connectivity index (χ2v) is 5.38. The maximum atomic E-state index is 12.4. The maximum Gasteiger partial charge on any atom is 0.338 e. The van der Waals surface area contributed by atoms with E-state index in [-0.39, 0.29) is 6.61 Å². The highest BCUT2D eigenvalue weighted by atomic mass is 32.1. The van der Waals surface area contributed by atoms with Gasteiger partial charge in [0.05, 0.1) is 25.3 Å². The van der Waals surface area contributed by atoms with Crippen molar-refractivity contribution in [3.05, 3.63) is 41.1 Å². The molecule has 1 aliphatic heterocycles. The number of thiocarbonyl (C=S) groups is 1. The third-order valence-corrected chi connectivity index (χ3v) is 3.66. The SMILES string of the molecule is COCCOC(=O)C1=C(C)NC(=S)NC1c1cccc(OC)c1. The zero-order valence-corrected chi connectivity index (χ0v) is 14.2. The Morgan fingerprint density at radius 1 is 1.30 bits per heavy atom. The van der Waals surface area contributed by atoms with E-state index in [9.17, 15) is 4.79 Å². The Kier molecular flexibility index (Phi) is 5.95. The summed E-state index contributed by atoms with van der Waals surface area (Å²) < 4.78 is 15.4. The molecule has 0 aliphatic carbocycles. The van der Waals surface area contributed by atoms with Gasteiger partial charge in [0.2, 0.25) is 0 Å². The summed E-state index contributed by atoms with van der Waals surface area (Å²) in [4.78, 5) is 12.4. The van der Waals surface area contributed by atoms with Gasteiger partial charge < -0.3 is 24.8 Å². The van der Waals surface area contributed by atoms with E-state index in [0.29, 0.717) is 28.7 Å². The van der Waals surface area contributed by atoms with Gasteiger partial charge in [-0.2, -0.15) is 0 Å². The Hall–Kier alpha value is -2.12. The van der Waals surface area contributed by atoms with Crippen LogP contribution in [0.15, 0.2) is 35.5 Å². The van der Waals surface area contributed by atoms with Crippen LogP contribution in [0.4, 0.5) is 0 Å². The Bertz CT molecular complexity index is 630. The average Bonchev–Trinajstić information content (AvgIpc) is 2.54. The second kappa shape index (κ2) is 7.94. The summed E-state index contributed by atoms with van der Waals surface area (Å²) in [6, 6.07) is 7.08. The molecule has 7 heteroatoms. The Morgan fingerprint density at radius 2 is 2.09 bits per heavy atom. The third-order valence-electron chi connectivity index (χ3n) is 3.44. The molecule has 6 nitrogen and oxygen atoms in total. The van der Waals surface area contributed by atoms with Crippen LogP contribution in [0.3, 0.4) is 0 Å². The van der Waals surface area contributed by atoms with Crippen molar-refractivity contribution in [2.45, 2.75) is 13.0 Å². The number of nitrogens with one attached hydrogen (secondary N) is 2. The summed E-state index contributed by atoms with van der Waals surface area (Å²) in [5, 5.41) is 6.54. The second-order valence-electron chi connectivity index (χ2n) is 4.98. The lowest BCUT2D eigenvalue weighted by molar-refractivity contribution is -0.140. The van der Waals surface area contributed by atoms with Crippen molar-refractivity contribution in [1.29, 1.82) is 0 Å². The van der Waals surface area contributed by atoms with E-state index in [1.807, 2.05) is 24.3 Å². The van der Waals surface area contributed by atoms with Crippen LogP contribution in [0.2, 0.25) is 0 Å². The van der Waals surface area contributed by atoms with Crippen molar-refractivity contribution < 1.29 is 19.0 Å². The molecule has 1 heterocycles. The molecule has 124 valence electrons. The van der Waals surface area contributed by atoms with Crippen LogP contribution in [-0.4, -0.2) is 38.5 Å². The zero-order valence-electron chi connectivity index (χ0n) is 13.3. The van der Waals surface area contributed by atoms with Crippen LogP contribution in [0.1, 0.15) is 18.5 Å². The third kappa shape index (κ3) is 4.20. The standard InChI is InChI=1S/C16H20N2O4S/c1-10-13(15(19)22-8-7-20-2)14(18-16(23)17-10)11-5-4-6-12(9-11)21-3/h4-6,9,14H,7-8H2,1-3H3,(H2,17,18,23). The van der Waals surface area contributed by atoms with E-state index in [0.717, 1.165) is 5.56 Å². The number of hydrogen-bond donors (Lipinski definition) is 2. The molecule has 0 radical (unpaired) electrons. The van der Waals surface area contributed by atoms with Crippen molar-refractivity contribution in [3.63, 3.8) is 0 Å².